The Balaban J connectivity index is 1.46. The van der Waals surface area contributed by atoms with E-state index in [1.165, 1.54) is 31.0 Å². The standard InChI is InChI=1S/C33H40FN3O5S/c1-31-17-20(19-36)26(37-23-7-5-22(34)6-8-23)16-21(31)4-9-24-25-10-12-33(30(40)43-15-13-35,42-28(39)11-14-41-3)32(25,2)18-27(38)29(24)31/h5-8,16,19,24-25,27,29,36-38H,4,9-12,14-15,17-18H2,1-3H3/p+1/t24-,25?,27-,29?,31-,32-,33-/m0/s1. The minimum absolute atomic E-state index is 0.0199. The third kappa shape index (κ3) is 5.39. The summed E-state index contributed by atoms with van der Waals surface area (Å²) >= 11 is 0.891. The van der Waals surface area contributed by atoms with E-state index in [1.54, 1.807) is 12.1 Å². The van der Waals surface area contributed by atoms with Gasteiger partial charge in [-0.15, -0.1) is 0 Å². The van der Waals surface area contributed by atoms with Gasteiger partial charge in [-0.3, -0.25) is 14.9 Å². The van der Waals surface area contributed by atoms with Crippen LogP contribution in [-0.2, 0) is 19.1 Å². The van der Waals surface area contributed by atoms with Gasteiger partial charge >= 0.3 is 5.97 Å². The summed E-state index contributed by atoms with van der Waals surface area (Å²) in [4.78, 5) is 26.8. The highest BCUT2D eigenvalue weighted by molar-refractivity contribution is 8.14. The number of nitriles is 1. The first-order valence-corrected chi connectivity index (χ1v) is 16.0. The Morgan fingerprint density at radius 2 is 2.02 bits per heavy atom. The second-order valence-electron chi connectivity index (χ2n) is 12.9. The monoisotopic (exact) mass is 610 g/mol. The Morgan fingerprint density at radius 1 is 1.28 bits per heavy atom. The molecule has 0 aromatic heterocycles. The van der Waals surface area contributed by atoms with Crippen molar-refractivity contribution in [2.45, 2.75) is 70.5 Å². The first-order chi connectivity index (χ1) is 20.5. The van der Waals surface area contributed by atoms with Crippen molar-refractivity contribution in [3.8, 4) is 6.07 Å². The quantitative estimate of drug-likeness (QED) is 0.212. The number of thioether (sulfide) groups is 1. The number of esters is 1. The Labute approximate surface area is 256 Å². The number of hydrogen-bond acceptors (Lipinski definition) is 8. The fraction of sp³-hybridized carbons (Fsp3) is 0.576. The van der Waals surface area contributed by atoms with Crippen molar-refractivity contribution in [3.05, 3.63) is 53.0 Å². The van der Waals surface area contributed by atoms with Gasteiger partial charge in [0.2, 0.25) is 5.12 Å². The second kappa shape index (κ2) is 12.3. The molecule has 1 aromatic carbocycles. The molecule has 43 heavy (non-hydrogen) atoms. The third-order valence-electron chi connectivity index (χ3n) is 10.8. The van der Waals surface area contributed by atoms with Gasteiger partial charge in [0.1, 0.15) is 17.2 Å². The van der Waals surface area contributed by atoms with E-state index in [-0.39, 0.29) is 52.9 Å². The number of aliphatic hydroxyl groups excluding tert-OH is 1. The molecule has 4 aliphatic rings. The highest BCUT2D eigenvalue weighted by Crippen LogP contribution is 2.69. The maximum Gasteiger partial charge on any atom is 0.309 e. The summed E-state index contributed by atoms with van der Waals surface area (Å²) in [5, 5.41) is 31.1. The molecule has 0 bridgehead atoms. The van der Waals surface area contributed by atoms with Gasteiger partial charge in [-0.1, -0.05) is 31.2 Å². The van der Waals surface area contributed by atoms with Crippen molar-refractivity contribution >= 4 is 34.7 Å². The van der Waals surface area contributed by atoms with Crippen LogP contribution >= 0.6 is 11.8 Å². The summed E-state index contributed by atoms with van der Waals surface area (Å²) in [5.41, 5.74) is 1.32. The lowest BCUT2D eigenvalue weighted by Crippen LogP contribution is -2.76. The minimum Gasteiger partial charge on any atom is -0.449 e. The number of benzene rings is 1. The molecule has 4 aliphatic carbocycles. The van der Waals surface area contributed by atoms with Crippen molar-refractivity contribution in [1.82, 2.24) is 0 Å². The number of carbonyl (C=O) groups is 2. The average molecular weight is 611 g/mol. The van der Waals surface area contributed by atoms with Gasteiger partial charge < -0.3 is 20.0 Å². The van der Waals surface area contributed by atoms with Crippen molar-refractivity contribution in [2.24, 2.45) is 28.6 Å². The largest absolute Gasteiger partial charge is 0.449 e. The van der Waals surface area contributed by atoms with Crippen LogP contribution in [0, 0.1) is 51.1 Å². The van der Waals surface area contributed by atoms with Crippen LogP contribution in [0.15, 0.2) is 47.2 Å². The molecule has 0 aliphatic heterocycles. The topological polar surface area (TPSA) is 137 Å². The van der Waals surface area contributed by atoms with E-state index < -0.39 is 23.1 Å². The molecule has 0 saturated heterocycles. The molecule has 10 heteroatoms. The zero-order valence-electron chi connectivity index (χ0n) is 25.0. The van der Waals surface area contributed by atoms with Crippen LogP contribution in [0.2, 0.25) is 0 Å². The van der Waals surface area contributed by atoms with E-state index in [0.717, 1.165) is 41.6 Å². The van der Waals surface area contributed by atoms with E-state index in [9.17, 15) is 24.3 Å². The Hall–Kier alpha value is -2.84. The number of halogens is 1. The number of fused-ring (bicyclic) bond motifs is 5. The zero-order valence-corrected chi connectivity index (χ0v) is 25.8. The van der Waals surface area contributed by atoms with Crippen LogP contribution in [-0.4, -0.2) is 53.6 Å². The maximum absolute atomic E-state index is 13.8. The van der Waals surface area contributed by atoms with Crippen molar-refractivity contribution in [1.29, 1.82) is 10.7 Å². The molecule has 1 aromatic rings. The molecule has 3 fully saturated rings. The first-order valence-electron chi connectivity index (χ1n) is 15.0. The number of nitrogens with zero attached hydrogens (tertiary/aromatic N) is 1. The number of hydrogen-bond donors (Lipinski definition) is 3. The van der Waals surface area contributed by atoms with Crippen molar-refractivity contribution in [2.75, 3.05) is 19.5 Å². The van der Waals surface area contributed by atoms with Crippen LogP contribution in [0.1, 0.15) is 58.8 Å². The number of allylic oxidation sites excluding steroid dienone is 3. The zero-order chi connectivity index (χ0) is 31.0. The van der Waals surface area contributed by atoms with E-state index in [2.05, 4.69) is 13.0 Å². The van der Waals surface area contributed by atoms with Crippen LogP contribution in [0.5, 0.6) is 0 Å². The molecule has 2 unspecified atom stereocenters. The van der Waals surface area contributed by atoms with Gasteiger partial charge in [0.05, 0.1) is 31.0 Å². The number of carbonyl (C=O) groups excluding carboxylic acids is 2. The Kier molecular flexibility index (Phi) is 9.01. The highest BCUT2D eigenvalue weighted by Gasteiger charge is 2.70. The number of ether oxygens (including phenoxy) is 2. The maximum atomic E-state index is 13.8. The molecule has 3 saturated carbocycles. The molecule has 0 amide bonds. The normalized spacial score (nSPS) is 34.7. The average Bonchev–Trinajstić information content (AvgIpc) is 3.27. The van der Waals surface area contributed by atoms with Crippen LogP contribution < -0.4 is 5.32 Å². The fourth-order valence-corrected chi connectivity index (χ4v) is 9.71. The van der Waals surface area contributed by atoms with Gasteiger partial charge in [0.15, 0.2) is 5.60 Å². The van der Waals surface area contributed by atoms with Gasteiger partial charge in [-0.2, -0.15) is 5.26 Å². The summed E-state index contributed by atoms with van der Waals surface area (Å²) in [7, 11) is 1.50. The van der Waals surface area contributed by atoms with Crippen LogP contribution in [0.3, 0.4) is 0 Å². The van der Waals surface area contributed by atoms with Crippen molar-refractivity contribution in [3.63, 3.8) is 0 Å². The van der Waals surface area contributed by atoms with E-state index in [4.69, 9.17) is 14.9 Å². The number of nitrogens with two attached hydrogens (primary N) is 1. The van der Waals surface area contributed by atoms with E-state index >= 15 is 0 Å². The lowest BCUT2D eigenvalue weighted by molar-refractivity contribution is -0.513. The molecule has 8 nitrogen and oxygen atoms in total. The summed E-state index contributed by atoms with van der Waals surface area (Å²) in [5.74, 6) is -0.789. The van der Waals surface area contributed by atoms with Gasteiger partial charge in [0.25, 0.3) is 0 Å². The molecular weight excluding hydrogens is 569 g/mol. The first kappa shape index (κ1) is 31.6. The summed E-state index contributed by atoms with van der Waals surface area (Å²) < 4.78 is 24.7. The number of nitrogens with one attached hydrogen (secondary N) is 1. The van der Waals surface area contributed by atoms with Crippen LogP contribution in [0.25, 0.3) is 0 Å². The predicted molar refractivity (Wildman–Crippen MR) is 161 cm³/mol. The molecule has 5 rings (SSSR count). The Bertz CT molecular complexity index is 1390. The second-order valence-corrected chi connectivity index (χ2v) is 13.9. The minimum atomic E-state index is -1.42. The fourth-order valence-electron chi connectivity index (χ4n) is 8.91. The van der Waals surface area contributed by atoms with E-state index in [1.807, 2.05) is 18.3 Å². The lowest BCUT2D eigenvalue weighted by Gasteiger charge is -2.60. The van der Waals surface area contributed by atoms with Gasteiger partial charge in [-0.25, -0.2) is 4.39 Å². The third-order valence-corrected chi connectivity index (χ3v) is 11.7. The van der Waals surface area contributed by atoms with Gasteiger partial charge in [-0.05, 0) is 79.9 Å². The highest BCUT2D eigenvalue weighted by atomic mass is 32.2. The predicted octanol–water partition coefficient (Wildman–Crippen LogP) is 4.57. The Morgan fingerprint density at radius 3 is 2.70 bits per heavy atom. The molecule has 0 spiro atoms. The lowest BCUT2D eigenvalue weighted by atomic mass is 9.45. The summed E-state index contributed by atoms with van der Waals surface area (Å²) in [6, 6.07) is 8.32. The molecule has 4 N–H and O–H groups in total. The van der Waals surface area contributed by atoms with Crippen LogP contribution in [0.4, 0.5) is 10.1 Å². The van der Waals surface area contributed by atoms with E-state index in [0.29, 0.717) is 25.7 Å². The molecular formula is C33H41FN3O5S+. The smallest absolute Gasteiger partial charge is 0.309 e. The molecule has 7 atom stereocenters. The molecule has 230 valence electrons. The van der Waals surface area contributed by atoms with Crippen molar-refractivity contribution < 1.29 is 33.9 Å². The van der Waals surface area contributed by atoms with Gasteiger partial charge in [0, 0.05) is 36.4 Å². The number of quaternary nitrogens is 1. The number of rotatable bonds is 9. The number of aliphatic hydroxyl groups is 1. The SMILES string of the molecule is COCCC(=O)O[C@]1(C(=O)SCC#N)CCC2[C@@H]3CCC4=CC([NH2+]c5ccc(F)cc5)=C(C=N)C[C@]4(C)C3[C@@H](O)C[C@@]21C. The molecule has 0 radical (unpaired) electrons. The molecule has 0 heterocycles. The summed E-state index contributed by atoms with van der Waals surface area (Å²) in [6.07, 6.45) is 6.42. The number of methoxy groups -OCH3 is 1. The summed E-state index contributed by atoms with van der Waals surface area (Å²) in [6.45, 7) is 4.37.